The first-order chi connectivity index (χ1) is 10.6. The molecule has 0 radical (unpaired) electrons. The summed E-state index contributed by atoms with van der Waals surface area (Å²) in [6, 6.07) is 5.84. The molecular formula is C18H21N3O. The van der Waals surface area contributed by atoms with E-state index >= 15 is 0 Å². The molecule has 1 atom stereocenters. The molecule has 2 aliphatic carbocycles. The van der Waals surface area contributed by atoms with E-state index in [-0.39, 0.29) is 5.78 Å². The minimum Gasteiger partial charge on any atom is -0.294 e. The van der Waals surface area contributed by atoms with Crippen molar-refractivity contribution >= 4 is 5.78 Å². The maximum atomic E-state index is 12.7. The second kappa shape index (κ2) is 5.04. The normalized spacial score (nSPS) is 21.2. The molecule has 114 valence electrons. The van der Waals surface area contributed by atoms with Gasteiger partial charge in [0.1, 0.15) is 0 Å². The number of pyridine rings is 1. The molecule has 2 heterocycles. The van der Waals surface area contributed by atoms with E-state index in [1.165, 1.54) is 0 Å². The maximum Gasteiger partial charge on any atom is 0.166 e. The number of Topliss-reactive ketones (excluding diaryl/α,β-unsaturated/α-hetero) is 1. The maximum absolute atomic E-state index is 12.7. The van der Waals surface area contributed by atoms with Gasteiger partial charge in [0, 0.05) is 18.5 Å². The highest BCUT2D eigenvalue weighted by Gasteiger charge is 2.38. The minimum atomic E-state index is 0.282. The van der Waals surface area contributed by atoms with Gasteiger partial charge in [-0.15, -0.1) is 0 Å². The van der Waals surface area contributed by atoms with Crippen LogP contribution in [0.2, 0.25) is 0 Å². The van der Waals surface area contributed by atoms with Crippen LogP contribution in [0.4, 0.5) is 0 Å². The van der Waals surface area contributed by atoms with Gasteiger partial charge in [-0.05, 0) is 43.2 Å². The summed E-state index contributed by atoms with van der Waals surface area (Å²) in [6.45, 7) is 4.40. The van der Waals surface area contributed by atoms with Gasteiger partial charge in [-0.3, -0.25) is 4.79 Å². The fourth-order valence-electron chi connectivity index (χ4n) is 3.41. The summed E-state index contributed by atoms with van der Waals surface area (Å²) < 4.78 is 1.93. The zero-order valence-electron chi connectivity index (χ0n) is 13.1. The van der Waals surface area contributed by atoms with Gasteiger partial charge in [-0.25, -0.2) is 9.67 Å². The summed E-state index contributed by atoms with van der Waals surface area (Å²) >= 11 is 0. The fraction of sp³-hybridized carbons (Fsp3) is 0.500. The van der Waals surface area contributed by atoms with Crippen molar-refractivity contribution in [1.29, 1.82) is 0 Å². The number of fused-ring (bicyclic) bond motifs is 1. The smallest absolute Gasteiger partial charge is 0.166 e. The Morgan fingerprint density at radius 2 is 2.05 bits per heavy atom. The quantitative estimate of drug-likeness (QED) is 0.870. The van der Waals surface area contributed by atoms with Crippen LogP contribution in [0.25, 0.3) is 5.82 Å². The Hall–Kier alpha value is -1.97. The number of nitrogens with zero attached hydrogens (tertiary/aromatic N) is 3. The molecule has 0 spiro atoms. The van der Waals surface area contributed by atoms with Gasteiger partial charge in [0.2, 0.25) is 0 Å². The Labute approximate surface area is 130 Å². The standard InChI is InChI=1S/C18H21N3O/c1-11(2)13-9-14-17(15(22)10-13)18(12-6-7-12)20-21(14)16-5-3-4-8-19-16/h3-5,8,11-13H,6-7,9-10H2,1-2H3. The molecule has 4 rings (SSSR count). The van der Waals surface area contributed by atoms with Crippen molar-refractivity contribution in [2.75, 3.05) is 0 Å². The monoisotopic (exact) mass is 295 g/mol. The van der Waals surface area contributed by atoms with Crippen molar-refractivity contribution in [3.8, 4) is 5.82 Å². The lowest BCUT2D eigenvalue weighted by atomic mass is 9.79. The van der Waals surface area contributed by atoms with Crippen LogP contribution in [0.5, 0.6) is 0 Å². The molecule has 2 aliphatic rings. The molecule has 0 saturated heterocycles. The van der Waals surface area contributed by atoms with Crippen molar-refractivity contribution in [2.24, 2.45) is 11.8 Å². The minimum absolute atomic E-state index is 0.282. The lowest BCUT2D eigenvalue weighted by Gasteiger charge is -2.25. The third-order valence-electron chi connectivity index (χ3n) is 4.96. The highest BCUT2D eigenvalue weighted by Crippen LogP contribution is 2.44. The average molecular weight is 295 g/mol. The molecule has 1 unspecified atom stereocenters. The van der Waals surface area contributed by atoms with Crippen LogP contribution < -0.4 is 0 Å². The van der Waals surface area contributed by atoms with Crippen molar-refractivity contribution in [3.63, 3.8) is 0 Å². The Bertz CT molecular complexity index is 713. The van der Waals surface area contributed by atoms with E-state index in [1.807, 2.05) is 22.9 Å². The number of carbonyl (C=O) groups excluding carboxylic acids is 1. The molecule has 0 aromatic carbocycles. The van der Waals surface area contributed by atoms with Crippen molar-refractivity contribution in [3.05, 3.63) is 41.3 Å². The van der Waals surface area contributed by atoms with E-state index in [1.54, 1.807) is 6.20 Å². The Morgan fingerprint density at radius 3 is 2.68 bits per heavy atom. The van der Waals surface area contributed by atoms with Crippen LogP contribution in [-0.2, 0) is 6.42 Å². The largest absolute Gasteiger partial charge is 0.294 e. The van der Waals surface area contributed by atoms with E-state index in [9.17, 15) is 4.79 Å². The summed E-state index contributed by atoms with van der Waals surface area (Å²) in [5.41, 5.74) is 3.01. The van der Waals surface area contributed by atoms with Gasteiger partial charge in [-0.2, -0.15) is 5.10 Å². The summed E-state index contributed by atoms with van der Waals surface area (Å²) in [4.78, 5) is 17.2. The van der Waals surface area contributed by atoms with Crippen molar-refractivity contribution < 1.29 is 4.79 Å². The highest BCUT2D eigenvalue weighted by atomic mass is 16.1. The van der Waals surface area contributed by atoms with Crippen molar-refractivity contribution in [2.45, 2.75) is 45.4 Å². The van der Waals surface area contributed by atoms with Gasteiger partial charge in [0.15, 0.2) is 11.6 Å². The zero-order chi connectivity index (χ0) is 15.3. The van der Waals surface area contributed by atoms with Crippen LogP contribution in [0.3, 0.4) is 0 Å². The molecule has 0 amide bonds. The Balaban J connectivity index is 1.86. The van der Waals surface area contributed by atoms with Crippen LogP contribution in [0, 0.1) is 11.8 Å². The molecule has 22 heavy (non-hydrogen) atoms. The van der Waals surface area contributed by atoms with Gasteiger partial charge in [0.25, 0.3) is 0 Å². The van der Waals surface area contributed by atoms with Crippen LogP contribution in [0.1, 0.15) is 60.8 Å². The Morgan fingerprint density at radius 1 is 1.23 bits per heavy atom. The third kappa shape index (κ3) is 2.18. The van der Waals surface area contributed by atoms with Gasteiger partial charge in [0.05, 0.1) is 17.0 Å². The van der Waals surface area contributed by atoms with E-state index in [4.69, 9.17) is 5.10 Å². The van der Waals surface area contributed by atoms with Gasteiger partial charge >= 0.3 is 0 Å². The molecule has 0 bridgehead atoms. The molecule has 2 aromatic rings. The number of hydrogen-bond donors (Lipinski definition) is 0. The molecule has 4 heteroatoms. The lowest BCUT2D eigenvalue weighted by molar-refractivity contribution is 0.0931. The van der Waals surface area contributed by atoms with Crippen LogP contribution >= 0.6 is 0 Å². The van der Waals surface area contributed by atoms with E-state index in [2.05, 4.69) is 18.8 Å². The molecule has 2 aromatic heterocycles. The fourth-order valence-corrected chi connectivity index (χ4v) is 3.41. The lowest BCUT2D eigenvalue weighted by Crippen LogP contribution is -2.25. The number of carbonyl (C=O) groups is 1. The first-order valence-corrected chi connectivity index (χ1v) is 8.21. The number of rotatable bonds is 3. The molecule has 4 nitrogen and oxygen atoms in total. The number of ketones is 1. The first kappa shape index (κ1) is 13.7. The Kier molecular flexibility index (Phi) is 3.13. The van der Waals surface area contributed by atoms with E-state index < -0.39 is 0 Å². The summed E-state index contributed by atoms with van der Waals surface area (Å²) in [5, 5.41) is 4.80. The van der Waals surface area contributed by atoms with Crippen molar-refractivity contribution in [1.82, 2.24) is 14.8 Å². The predicted octanol–water partition coefficient (Wildman–Crippen LogP) is 3.55. The molecule has 1 fully saturated rings. The van der Waals surface area contributed by atoms with Crippen LogP contribution in [0.15, 0.2) is 24.4 Å². The van der Waals surface area contributed by atoms with Gasteiger partial charge < -0.3 is 0 Å². The predicted molar refractivity (Wildman–Crippen MR) is 84.3 cm³/mol. The zero-order valence-corrected chi connectivity index (χ0v) is 13.1. The molecule has 0 N–H and O–H groups in total. The van der Waals surface area contributed by atoms with E-state index in [0.29, 0.717) is 24.2 Å². The third-order valence-corrected chi connectivity index (χ3v) is 4.96. The summed E-state index contributed by atoms with van der Waals surface area (Å²) in [5.74, 6) is 2.50. The molecule has 1 saturated carbocycles. The summed E-state index contributed by atoms with van der Waals surface area (Å²) in [6.07, 6.45) is 5.69. The highest BCUT2D eigenvalue weighted by molar-refractivity contribution is 5.99. The topological polar surface area (TPSA) is 47.8 Å². The second-order valence-corrected chi connectivity index (χ2v) is 6.92. The second-order valence-electron chi connectivity index (χ2n) is 6.92. The molecular weight excluding hydrogens is 274 g/mol. The number of aromatic nitrogens is 3. The average Bonchev–Trinajstić information content (AvgIpc) is 3.28. The van der Waals surface area contributed by atoms with E-state index in [0.717, 1.165) is 42.0 Å². The summed E-state index contributed by atoms with van der Waals surface area (Å²) in [7, 11) is 0. The van der Waals surface area contributed by atoms with Crippen LogP contribution in [-0.4, -0.2) is 20.5 Å². The number of hydrogen-bond acceptors (Lipinski definition) is 3. The van der Waals surface area contributed by atoms with Gasteiger partial charge in [-0.1, -0.05) is 19.9 Å². The molecule has 0 aliphatic heterocycles. The first-order valence-electron chi connectivity index (χ1n) is 8.21. The SMILES string of the molecule is CC(C)C1CC(=O)c2c(C3CC3)nn(-c3ccccn3)c2C1.